The van der Waals surface area contributed by atoms with Gasteiger partial charge >= 0.3 is 5.97 Å². The number of fused-ring (bicyclic) bond motifs is 1. The van der Waals surface area contributed by atoms with E-state index in [1.807, 2.05) is 4.57 Å². The highest BCUT2D eigenvalue weighted by Gasteiger charge is 2.28. The van der Waals surface area contributed by atoms with Crippen molar-refractivity contribution in [2.45, 2.75) is 31.1 Å². The van der Waals surface area contributed by atoms with Crippen LogP contribution in [0.2, 0.25) is 5.02 Å². The molecule has 1 fully saturated rings. The molecule has 1 aliphatic rings. The second kappa shape index (κ2) is 6.05. The van der Waals surface area contributed by atoms with Gasteiger partial charge < -0.3 is 9.30 Å². The lowest BCUT2D eigenvalue weighted by atomic mass is 10.1. The Labute approximate surface area is 141 Å². The van der Waals surface area contributed by atoms with Gasteiger partial charge in [-0.2, -0.15) is 0 Å². The molecule has 22 heavy (non-hydrogen) atoms. The molecule has 1 aliphatic carbocycles. The molecule has 6 heteroatoms. The average Bonchev–Trinajstić information content (AvgIpc) is 3.32. The van der Waals surface area contributed by atoms with E-state index >= 15 is 0 Å². The maximum atomic E-state index is 12.6. The summed E-state index contributed by atoms with van der Waals surface area (Å²) in [7, 11) is 0. The molecule has 116 valence electrons. The third-order valence-electron chi connectivity index (χ3n) is 3.81. The summed E-state index contributed by atoms with van der Waals surface area (Å²) in [5.74, 6) is -0.570. The van der Waals surface area contributed by atoms with Gasteiger partial charge in [-0.25, -0.2) is 4.79 Å². The fourth-order valence-corrected chi connectivity index (χ4v) is 3.57. The highest BCUT2D eigenvalue weighted by molar-refractivity contribution is 9.08. The van der Waals surface area contributed by atoms with E-state index in [9.17, 15) is 9.59 Å². The van der Waals surface area contributed by atoms with Crippen molar-refractivity contribution in [3.8, 4) is 0 Å². The number of rotatable bonds is 4. The molecule has 0 spiro atoms. The van der Waals surface area contributed by atoms with Crippen LogP contribution in [0.1, 0.15) is 41.7 Å². The van der Waals surface area contributed by atoms with E-state index < -0.39 is 5.97 Å². The number of carbonyl (C=O) groups excluding carboxylic acids is 1. The number of esters is 1. The average molecular weight is 385 g/mol. The van der Waals surface area contributed by atoms with E-state index in [1.54, 1.807) is 25.3 Å². The van der Waals surface area contributed by atoms with Crippen LogP contribution in [0.4, 0.5) is 0 Å². The molecular weight excluding hydrogens is 370 g/mol. The van der Waals surface area contributed by atoms with Crippen LogP contribution in [-0.4, -0.2) is 17.1 Å². The SMILES string of the molecule is CCOC(=O)c1cn(C2CC2)c2c(CBr)c(Cl)ccc2c1=O. The summed E-state index contributed by atoms with van der Waals surface area (Å²) in [5, 5.41) is 1.67. The molecule has 4 nitrogen and oxygen atoms in total. The second-order valence-corrected chi connectivity index (χ2v) is 6.25. The minimum atomic E-state index is -0.570. The van der Waals surface area contributed by atoms with Crippen LogP contribution in [0.15, 0.2) is 23.1 Å². The number of nitrogens with zero attached hydrogens (tertiary/aromatic N) is 1. The first kappa shape index (κ1) is 15.6. The van der Waals surface area contributed by atoms with E-state index in [1.165, 1.54) is 0 Å². The Hall–Kier alpha value is -1.33. The van der Waals surface area contributed by atoms with Gasteiger partial charge in [-0.15, -0.1) is 0 Å². The summed E-state index contributed by atoms with van der Waals surface area (Å²) in [5.41, 5.74) is 1.47. The van der Waals surface area contributed by atoms with E-state index in [2.05, 4.69) is 15.9 Å². The number of hydrogen-bond acceptors (Lipinski definition) is 3. The molecule has 0 amide bonds. The first-order valence-corrected chi connectivity index (χ1v) is 8.67. The number of alkyl halides is 1. The summed E-state index contributed by atoms with van der Waals surface area (Å²) in [6, 6.07) is 3.70. The van der Waals surface area contributed by atoms with Crippen LogP contribution in [-0.2, 0) is 10.1 Å². The normalized spacial score (nSPS) is 14.3. The van der Waals surface area contributed by atoms with E-state index in [0.29, 0.717) is 21.8 Å². The van der Waals surface area contributed by atoms with Crippen LogP contribution >= 0.6 is 27.5 Å². The molecule has 0 radical (unpaired) electrons. The smallest absolute Gasteiger partial charge is 0.343 e. The van der Waals surface area contributed by atoms with Crippen molar-refractivity contribution in [2.75, 3.05) is 6.61 Å². The maximum absolute atomic E-state index is 12.6. The number of hydrogen-bond donors (Lipinski definition) is 0. The summed E-state index contributed by atoms with van der Waals surface area (Å²) >= 11 is 9.71. The van der Waals surface area contributed by atoms with Gasteiger partial charge in [-0.1, -0.05) is 27.5 Å². The molecule has 0 unspecified atom stereocenters. The van der Waals surface area contributed by atoms with Crippen molar-refractivity contribution in [3.05, 3.63) is 44.7 Å². The van der Waals surface area contributed by atoms with Crippen molar-refractivity contribution in [1.29, 1.82) is 0 Å². The van der Waals surface area contributed by atoms with Crippen molar-refractivity contribution in [3.63, 3.8) is 0 Å². The number of ether oxygens (including phenoxy) is 1. The summed E-state index contributed by atoms with van der Waals surface area (Å²) < 4.78 is 7.01. The van der Waals surface area contributed by atoms with Crippen LogP contribution in [0.5, 0.6) is 0 Å². The van der Waals surface area contributed by atoms with Gasteiger partial charge in [0.1, 0.15) is 5.56 Å². The first-order valence-electron chi connectivity index (χ1n) is 7.17. The number of benzene rings is 1. The number of halogens is 2. The van der Waals surface area contributed by atoms with Crippen LogP contribution in [0, 0.1) is 0 Å². The molecular formula is C16H15BrClNO3. The molecule has 0 N–H and O–H groups in total. The van der Waals surface area contributed by atoms with Gasteiger partial charge in [-0.3, -0.25) is 4.79 Å². The predicted molar refractivity (Wildman–Crippen MR) is 90.1 cm³/mol. The number of carbonyl (C=O) groups is 1. The Bertz CT molecular complexity index is 811. The molecule has 2 aromatic rings. The van der Waals surface area contributed by atoms with Crippen LogP contribution in [0.3, 0.4) is 0 Å². The van der Waals surface area contributed by atoms with Crippen molar-refractivity contribution < 1.29 is 9.53 Å². The molecule has 1 saturated carbocycles. The van der Waals surface area contributed by atoms with E-state index in [-0.39, 0.29) is 17.6 Å². The van der Waals surface area contributed by atoms with Gasteiger partial charge in [0.05, 0.1) is 12.1 Å². The summed E-state index contributed by atoms with van der Waals surface area (Å²) in [6.07, 6.45) is 3.70. The van der Waals surface area contributed by atoms with Crippen molar-refractivity contribution in [2.24, 2.45) is 0 Å². The lowest BCUT2D eigenvalue weighted by Gasteiger charge is -2.16. The van der Waals surface area contributed by atoms with Gasteiger partial charge in [0.25, 0.3) is 0 Å². The second-order valence-electron chi connectivity index (χ2n) is 5.29. The van der Waals surface area contributed by atoms with Crippen LogP contribution < -0.4 is 5.43 Å². The summed E-state index contributed by atoms with van der Waals surface area (Å²) in [4.78, 5) is 24.7. The molecule has 1 aromatic heterocycles. The van der Waals surface area contributed by atoms with Gasteiger partial charge in [-0.05, 0) is 31.9 Å². The molecule has 3 rings (SSSR count). The molecule has 0 aliphatic heterocycles. The number of pyridine rings is 1. The molecule has 1 aromatic carbocycles. The Balaban J connectivity index is 2.35. The molecule has 1 heterocycles. The summed E-state index contributed by atoms with van der Waals surface area (Å²) in [6.45, 7) is 1.97. The standard InChI is InChI=1S/C16H15BrClNO3/c1-2-22-16(21)12-8-19(9-3-4-9)14-10(15(12)20)5-6-13(18)11(14)7-17/h5-6,8-9H,2-4,7H2,1H3. The highest BCUT2D eigenvalue weighted by atomic mass is 79.9. The zero-order valence-electron chi connectivity index (χ0n) is 12.1. The topological polar surface area (TPSA) is 48.3 Å². The zero-order chi connectivity index (χ0) is 15.9. The maximum Gasteiger partial charge on any atom is 0.343 e. The predicted octanol–water partition coefficient (Wildman–Crippen LogP) is 4.06. The Morgan fingerprint density at radius 2 is 2.18 bits per heavy atom. The van der Waals surface area contributed by atoms with Crippen LogP contribution in [0.25, 0.3) is 10.9 Å². The largest absolute Gasteiger partial charge is 0.462 e. The number of aromatic nitrogens is 1. The van der Waals surface area contributed by atoms with Crippen molar-refractivity contribution >= 4 is 44.4 Å². The quantitative estimate of drug-likeness (QED) is 0.590. The fourth-order valence-electron chi connectivity index (χ4n) is 2.62. The minimum Gasteiger partial charge on any atom is -0.462 e. The van der Waals surface area contributed by atoms with E-state index in [4.69, 9.17) is 16.3 Å². The molecule has 0 atom stereocenters. The molecule has 0 bridgehead atoms. The highest BCUT2D eigenvalue weighted by Crippen LogP contribution is 2.39. The Morgan fingerprint density at radius 1 is 1.45 bits per heavy atom. The minimum absolute atomic E-state index is 0.0871. The zero-order valence-corrected chi connectivity index (χ0v) is 14.4. The van der Waals surface area contributed by atoms with E-state index in [0.717, 1.165) is 23.9 Å². The van der Waals surface area contributed by atoms with Gasteiger partial charge in [0.15, 0.2) is 0 Å². The third kappa shape index (κ3) is 2.57. The third-order valence-corrected chi connectivity index (χ3v) is 4.73. The Kier molecular flexibility index (Phi) is 4.28. The van der Waals surface area contributed by atoms with Gasteiger partial charge in [0, 0.05) is 33.5 Å². The van der Waals surface area contributed by atoms with Gasteiger partial charge in [0.2, 0.25) is 5.43 Å². The Morgan fingerprint density at radius 3 is 2.77 bits per heavy atom. The molecule has 0 saturated heterocycles. The fraction of sp³-hybridized carbons (Fsp3) is 0.375. The monoisotopic (exact) mass is 383 g/mol. The lowest BCUT2D eigenvalue weighted by Crippen LogP contribution is -2.21. The first-order chi connectivity index (χ1) is 10.6. The lowest BCUT2D eigenvalue weighted by molar-refractivity contribution is 0.0524. The van der Waals surface area contributed by atoms with Crippen molar-refractivity contribution in [1.82, 2.24) is 4.57 Å².